The highest BCUT2D eigenvalue weighted by atomic mass is 19.3. The minimum absolute atomic E-state index is 0.00944. The molecule has 1 aliphatic carbocycles. The Labute approximate surface area is 86.1 Å². The van der Waals surface area contributed by atoms with E-state index in [2.05, 4.69) is 13.8 Å². The van der Waals surface area contributed by atoms with Crippen molar-refractivity contribution in [2.75, 3.05) is 0 Å². The first-order chi connectivity index (χ1) is 6.54. The van der Waals surface area contributed by atoms with E-state index in [9.17, 15) is 8.78 Å². The molecule has 0 aromatic carbocycles. The first kappa shape index (κ1) is 11.9. The third-order valence-electron chi connectivity index (χ3n) is 3.39. The molecule has 0 aromatic heterocycles. The fourth-order valence-electron chi connectivity index (χ4n) is 2.63. The van der Waals surface area contributed by atoms with Crippen molar-refractivity contribution >= 4 is 0 Å². The predicted molar refractivity (Wildman–Crippen MR) is 55.7 cm³/mol. The smallest absolute Gasteiger partial charge is 0.207 e. The number of alkyl halides is 2. The van der Waals surface area contributed by atoms with Crippen molar-refractivity contribution in [1.82, 2.24) is 0 Å². The van der Waals surface area contributed by atoms with Crippen molar-refractivity contribution < 1.29 is 8.78 Å². The Kier molecular flexibility index (Phi) is 3.91. The van der Waals surface area contributed by atoms with Crippen LogP contribution in [-0.4, -0.2) is 5.92 Å². The molecule has 0 aromatic rings. The number of unbranched alkanes of at least 4 members (excludes halogenated alkanes) is 2. The third kappa shape index (κ3) is 2.93. The van der Waals surface area contributed by atoms with Crippen molar-refractivity contribution in [3.63, 3.8) is 0 Å². The highest BCUT2D eigenvalue weighted by Crippen LogP contribution is 2.57. The van der Waals surface area contributed by atoms with Crippen LogP contribution >= 0.6 is 0 Å². The van der Waals surface area contributed by atoms with E-state index in [1.165, 1.54) is 0 Å². The molecule has 84 valence electrons. The van der Waals surface area contributed by atoms with Gasteiger partial charge in [-0.15, -0.1) is 0 Å². The third-order valence-corrected chi connectivity index (χ3v) is 3.39. The zero-order valence-electron chi connectivity index (χ0n) is 9.41. The van der Waals surface area contributed by atoms with Crippen LogP contribution in [-0.2, 0) is 0 Å². The second kappa shape index (κ2) is 4.59. The Hall–Kier alpha value is -0.140. The van der Waals surface area contributed by atoms with Crippen molar-refractivity contribution in [3.05, 3.63) is 0 Å². The Morgan fingerprint density at radius 2 is 1.36 bits per heavy atom. The summed E-state index contributed by atoms with van der Waals surface area (Å²) >= 11 is 0. The molecule has 14 heavy (non-hydrogen) atoms. The molecule has 0 saturated heterocycles. The van der Waals surface area contributed by atoms with Gasteiger partial charge in [0, 0.05) is 12.8 Å². The van der Waals surface area contributed by atoms with Gasteiger partial charge in [0.05, 0.1) is 0 Å². The predicted octanol–water partition coefficient (Wildman–Crippen LogP) is 4.78. The lowest BCUT2D eigenvalue weighted by atomic mass is 9.61. The van der Waals surface area contributed by atoms with Crippen molar-refractivity contribution in [3.8, 4) is 0 Å². The first-order valence-electron chi connectivity index (χ1n) is 5.91. The maximum atomic E-state index is 12.9. The molecule has 1 saturated carbocycles. The fraction of sp³-hybridized carbons (Fsp3) is 1.00. The summed E-state index contributed by atoms with van der Waals surface area (Å²) in [6.07, 6.45) is 6.80. The molecule has 0 nitrogen and oxygen atoms in total. The van der Waals surface area contributed by atoms with Crippen LogP contribution < -0.4 is 0 Å². The molecule has 0 spiro atoms. The molecule has 1 rings (SSSR count). The van der Waals surface area contributed by atoms with Gasteiger partial charge >= 0.3 is 0 Å². The average Bonchev–Trinajstić information content (AvgIpc) is 2.08. The van der Waals surface area contributed by atoms with Crippen LogP contribution in [0.4, 0.5) is 8.78 Å². The molecule has 0 atom stereocenters. The standard InChI is InChI=1S/C12H22F2/c1-3-5-7-11(8-6-4-2)9-12(13,14)10-11/h3-10H2,1-2H3. The summed E-state index contributed by atoms with van der Waals surface area (Å²) < 4.78 is 25.8. The van der Waals surface area contributed by atoms with Gasteiger partial charge in [-0.3, -0.25) is 0 Å². The molecular formula is C12H22F2. The summed E-state index contributed by atoms with van der Waals surface area (Å²) in [6.45, 7) is 4.26. The Balaban J connectivity index is 2.38. The van der Waals surface area contributed by atoms with Crippen LogP contribution in [0.15, 0.2) is 0 Å². The lowest BCUT2D eigenvalue weighted by Crippen LogP contribution is -2.45. The molecule has 2 heteroatoms. The van der Waals surface area contributed by atoms with Crippen LogP contribution in [0.1, 0.15) is 65.2 Å². The zero-order chi connectivity index (χ0) is 10.7. The zero-order valence-corrected chi connectivity index (χ0v) is 9.41. The van der Waals surface area contributed by atoms with Gasteiger partial charge in [-0.05, 0) is 18.3 Å². The molecular weight excluding hydrogens is 182 g/mol. The summed E-state index contributed by atoms with van der Waals surface area (Å²) in [4.78, 5) is 0. The van der Waals surface area contributed by atoms with Gasteiger partial charge < -0.3 is 0 Å². The van der Waals surface area contributed by atoms with Gasteiger partial charge in [-0.25, -0.2) is 8.78 Å². The van der Waals surface area contributed by atoms with Crippen LogP contribution in [0.3, 0.4) is 0 Å². The number of hydrogen-bond donors (Lipinski definition) is 0. The Bertz CT molecular complexity index is 157. The first-order valence-corrected chi connectivity index (χ1v) is 5.91. The maximum absolute atomic E-state index is 12.9. The van der Waals surface area contributed by atoms with Gasteiger partial charge in [0.1, 0.15) is 0 Å². The van der Waals surface area contributed by atoms with Crippen LogP contribution in [0.25, 0.3) is 0 Å². The van der Waals surface area contributed by atoms with E-state index in [-0.39, 0.29) is 18.3 Å². The Morgan fingerprint density at radius 1 is 0.929 bits per heavy atom. The lowest BCUT2D eigenvalue weighted by Gasteiger charge is -2.48. The van der Waals surface area contributed by atoms with E-state index < -0.39 is 5.92 Å². The number of rotatable bonds is 6. The van der Waals surface area contributed by atoms with Gasteiger partial charge in [-0.1, -0.05) is 39.5 Å². The fourth-order valence-corrected chi connectivity index (χ4v) is 2.63. The minimum atomic E-state index is -2.35. The molecule has 0 bridgehead atoms. The van der Waals surface area contributed by atoms with E-state index in [0.717, 1.165) is 38.5 Å². The molecule has 1 aliphatic rings. The van der Waals surface area contributed by atoms with E-state index in [0.29, 0.717) is 0 Å². The second-order valence-corrected chi connectivity index (χ2v) is 4.92. The van der Waals surface area contributed by atoms with Gasteiger partial charge in [0.15, 0.2) is 0 Å². The van der Waals surface area contributed by atoms with E-state index >= 15 is 0 Å². The molecule has 0 N–H and O–H groups in total. The molecule has 0 heterocycles. The summed E-state index contributed by atoms with van der Waals surface area (Å²) in [6, 6.07) is 0. The van der Waals surface area contributed by atoms with E-state index in [1.54, 1.807) is 0 Å². The summed E-state index contributed by atoms with van der Waals surface area (Å²) in [7, 11) is 0. The van der Waals surface area contributed by atoms with Crippen LogP contribution in [0.5, 0.6) is 0 Å². The topological polar surface area (TPSA) is 0 Å². The summed E-state index contributed by atoms with van der Waals surface area (Å²) in [5, 5.41) is 0. The highest BCUT2D eigenvalue weighted by Gasteiger charge is 2.54. The molecule has 1 fully saturated rings. The van der Waals surface area contributed by atoms with Crippen molar-refractivity contribution in [2.45, 2.75) is 71.1 Å². The molecule has 0 radical (unpaired) electrons. The van der Waals surface area contributed by atoms with Crippen LogP contribution in [0, 0.1) is 5.41 Å². The van der Waals surface area contributed by atoms with Crippen molar-refractivity contribution in [1.29, 1.82) is 0 Å². The maximum Gasteiger partial charge on any atom is 0.249 e. The van der Waals surface area contributed by atoms with E-state index in [1.807, 2.05) is 0 Å². The second-order valence-electron chi connectivity index (χ2n) is 4.92. The average molecular weight is 204 g/mol. The van der Waals surface area contributed by atoms with Crippen molar-refractivity contribution in [2.24, 2.45) is 5.41 Å². The SMILES string of the molecule is CCCCC1(CCCC)CC(F)(F)C1. The normalized spacial score (nSPS) is 23.1. The molecule has 0 aliphatic heterocycles. The number of hydrogen-bond acceptors (Lipinski definition) is 0. The van der Waals surface area contributed by atoms with E-state index in [4.69, 9.17) is 0 Å². The quantitative estimate of drug-likeness (QED) is 0.584. The van der Waals surface area contributed by atoms with Gasteiger partial charge in [-0.2, -0.15) is 0 Å². The monoisotopic (exact) mass is 204 g/mol. The summed E-state index contributed by atoms with van der Waals surface area (Å²) in [5.41, 5.74) is 0.00944. The number of halogens is 2. The molecule has 0 unspecified atom stereocenters. The minimum Gasteiger partial charge on any atom is -0.207 e. The lowest BCUT2D eigenvalue weighted by molar-refractivity contribution is -0.167. The van der Waals surface area contributed by atoms with Crippen LogP contribution in [0.2, 0.25) is 0 Å². The van der Waals surface area contributed by atoms with Gasteiger partial charge in [0.2, 0.25) is 5.92 Å². The highest BCUT2D eigenvalue weighted by molar-refractivity contribution is 4.98. The van der Waals surface area contributed by atoms with Gasteiger partial charge in [0.25, 0.3) is 0 Å². The largest absolute Gasteiger partial charge is 0.249 e. The summed E-state index contributed by atoms with van der Waals surface area (Å²) in [5.74, 6) is -2.35. The molecule has 0 amide bonds. The Morgan fingerprint density at radius 3 is 1.64 bits per heavy atom.